The zero-order valence-electron chi connectivity index (χ0n) is 13.7. The maximum atomic E-state index is 14.6. The van der Waals surface area contributed by atoms with Gasteiger partial charge in [0.25, 0.3) is 0 Å². The second kappa shape index (κ2) is 7.13. The minimum absolute atomic E-state index is 0.0989. The number of allylic oxidation sites excluding steroid dienone is 1. The van der Waals surface area contributed by atoms with Gasteiger partial charge in [-0.15, -0.1) is 0 Å². The zero-order valence-corrected chi connectivity index (χ0v) is 14.5. The molecule has 0 fully saturated rings. The third-order valence-electron chi connectivity index (χ3n) is 4.01. The summed E-state index contributed by atoms with van der Waals surface area (Å²) < 4.78 is 24.3. The molecule has 0 bridgehead atoms. The Labute approximate surface area is 144 Å². The monoisotopic (exact) mass is 353 g/mol. The Morgan fingerprint density at radius 2 is 1.88 bits per heavy atom. The molecule has 0 aliphatic carbocycles. The summed E-state index contributed by atoms with van der Waals surface area (Å²) in [6.45, 7) is 3.24. The van der Waals surface area contributed by atoms with E-state index in [2.05, 4.69) is 4.99 Å². The maximum Gasteiger partial charge on any atom is 0.336 e. The topological polar surface area (TPSA) is 65.0 Å². The summed E-state index contributed by atoms with van der Waals surface area (Å²) in [5, 5.41) is -0.0989. The van der Waals surface area contributed by atoms with E-state index in [1.54, 1.807) is 19.9 Å². The SMILES string of the molecule is COC(=O)C1=C(C)N=C(C)C(C(=O)OC)C1c1cccc(Cl)c1F. The van der Waals surface area contributed by atoms with Crippen molar-refractivity contribution in [2.75, 3.05) is 14.2 Å². The van der Waals surface area contributed by atoms with Gasteiger partial charge in [-0.2, -0.15) is 0 Å². The quantitative estimate of drug-likeness (QED) is 0.782. The third-order valence-corrected chi connectivity index (χ3v) is 4.30. The van der Waals surface area contributed by atoms with Crippen LogP contribution in [-0.4, -0.2) is 31.9 Å². The summed E-state index contributed by atoms with van der Waals surface area (Å²) in [5.41, 5.74) is 1.02. The number of carbonyl (C=O) groups is 2. The molecule has 1 aliphatic heterocycles. The summed E-state index contributed by atoms with van der Waals surface area (Å²) in [7, 11) is 2.44. The number of methoxy groups -OCH3 is 2. The standard InChI is InChI=1S/C17H17ClFNO4/c1-8-12(16(21)23-3)14(10-6-5-7-11(18)15(10)19)13(9(2)20-8)17(22)24-4/h5-7,12,14H,1-4H3. The van der Waals surface area contributed by atoms with Crippen LogP contribution >= 0.6 is 11.6 Å². The highest BCUT2D eigenvalue weighted by Crippen LogP contribution is 2.41. The van der Waals surface area contributed by atoms with Gasteiger partial charge in [0.15, 0.2) is 0 Å². The molecular weight excluding hydrogens is 337 g/mol. The van der Waals surface area contributed by atoms with Gasteiger partial charge >= 0.3 is 11.9 Å². The van der Waals surface area contributed by atoms with Crippen LogP contribution in [0.4, 0.5) is 4.39 Å². The van der Waals surface area contributed by atoms with Crippen molar-refractivity contribution >= 4 is 29.3 Å². The van der Waals surface area contributed by atoms with Crippen LogP contribution in [0.15, 0.2) is 34.5 Å². The van der Waals surface area contributed by atoms with E-state index in [1.807, 2.05) is 0 Å². The number of aliphatic imine (C=N–C) groups is 1. The average Bonchev–Trinajstić information content (AvgIpc) is 2.55. The molecule has 2 rings (SSSR count). The first kappa shape index (κ1) is 18.1. The molecule has 24 heavy (non-hydrogen) atoms. The van der Waals surface area contributed by atoms with Gasteiger partial charge in [-0.3, -0.25) is 9.79 Å². The predicted octanol–water partition coefficient (Wildman–Crippen LogP) is 3.27. The highest BCUT2D eigenvalue weighted by molar-refractivity contribution is 6.30. The molecule has 0 saturated heterocycles. The molecule has 0 N–H and O–H groups in total. The minimum Gasteiger partial charge on any atom is -0.468 e. The lowest BCUT2D eigenvalue weighted by Gasteiger charge is -2.31. The second-order valence-corrected chi connectivity index (χ2v) is 5.77. The Kier molecular flexibility index (Phi) is 5.39. The molecule has 0 aromatic heterocycles. The van der Waals surface area contributed by atoms with Crippen molar-refractivity contribution in [3.63, 3.8) is 0 Å². The van der Waals surface area contributed by atoms with Crippen molar-refractivity contribution < 1.29 is 23.5 Å². The molecule has 128 valence electrons. The highest BCUT2D eigenvalue weighted by atomic mass is 35.5. The molecular formula is C17H17ClFNO4. The Balaban J connectivity index is 2.75. The van der Waals surface area contributed by atoms with E-state index in [9.17, 15) is 14.0 Å². The molecule has 0 saturated carbocycles. The van der Waals surface area contributed by atoms with E-state index in [0.29, 0.717) is 11.4 Å². The van der Waals surface area contributed by atoms with E-state index in [-0.39, 0.29) is 16.2 Å². The largest absolute Gasteiger partial charge is 0.468 e. The van der Waals surface area contributed by atoms with Gasteiger partial charge in [-0.25, -0.2) is 9.18 Å². The van der Waals surface area contributed by atoms with Crippen LogP contribution in [0.2, 0.25) is 5.02 Å². The molecule has 1 aliphatic rings. The van der Waals surface area contributed by atoms with Gasteiger partial charge in [-0.05, 0) is 25.5 Å². The summed E-state index contributed by atoms with van der Waals surface area (Å²) in [6.07, 6.45) is 0. The van der Waals surface area contributed by atoms with Crippen LogP contribution in [0.25, 0.3) is 0 Å². The maximum absolute atomic E-state index is 14.6. The van der Waals surface area contributed by atoms with Crippen molar-refractivity contribution in [2.45, 2.75) is 19.8 Å². The minimum atomic E-state index is -0.944. The first-order valence-corrected chi connectivity index (χ1v) is 7.57. The fraction of sp³-hybridized carbons (Fsp3) is 0.353. The normalized spacial score (nSPS) is 20.5. The van der Waals surface area contributed by atoms with Crippen LogP contribution in [-0.2, 0) is 19.1 Å². The van der Waals surface area contributed by atoms with Gasteiger partial charge in [-0.1, -0.05) is 23.7 Å². The number of esters is 2. The summed E-state index contributed by atoms with van der Waals surface area (Å²) >= 11 is 5.87. The van der Waals surface area contributed by atoms with Crippen LogP contribution < -0.4 is 0 Å². The Morgan fingerprint density at radius 1 is 1.21 bits per heavy atom. The lowest BCUT2D eigenvalue weighted by atomic mass is 9.75. The highest BCUT2D eigenvalue weighted by Gasteiger charge is 2.43. The van der Waals surface area contributed by atoms with E-state index in [4.69, 9.17) is 21.1 Å². The van der Waals surface area contributed by atoms with Crippen molar-refractivity contribution in [3.05, 3.63) is 45.9 Å². The van der Waals surface area contributed by atoms with Crippen molar-refractivity contribution in [1.29, 1.82) is 0 Å². The number of benzene rings is 1. The Bertz CT molecular complexity index is 757. The molecule has 2 atom stereocenters. The predicted molar refractivity (Wildman–Crippen MR) is 87.5 cm³/mol. The molecule has 2 unspecified atom stereocenters. The summed E-state index contributed by atoms with van der Waals surface area (Å²) in [4.78, 5) is 28.8. The van der Waals surface area contributed by atoms with Gasteiger partial charge < -0.3 is 9.47 Å². The number of nitrogens with zero attached hydrogens (tertiary/aromatic N) is 1. The third kappa shape index (κ3) is 3.06. The van der Waals surface area contributed by atoms with Crippen LogP contribution in [0.1, 0.15) is 25.3 Å². The van der Waals surface area contributed by atoms with E-state index >= 15 is 0 Å². The van der Waals surface area contributed by atoms with Gasteiger partial charge in [0.1, 0.15) is 11.7 Å². The second-order valence-electron chi connectivity index (χ2n) is 5.37. The number of hydrogen-bond donors (Lipinski definition) is 0. The zero-order chi connectivity index (χ0) is 18.0. The van der Waals surface area contributed by atoms with Crippen LogP contribution in [0.3, 0.4) is 0 Å². The molecule has 5 nitrogen and oxygen atoms in total. The summed E-state index contributed by atoms with van der Waals surface area (Å²) in [5.74, 6) is -3.86. The molecule has 1 aromatic rings. The molecule has 1 aromatic carbocycles. The lowest BCUT2D eigenvalue weighted by molar-refractivity contribution is -0.143. The van der Waals surface area contributed by atoms with Crippen molar-refractivity contribution in [1.82, 2.24) is 0 Å². The average molecular weight is 354 g/mol. The summed E-state index contributed by atoms with van der Waals surface area (Å²) in [6, 6.07) is 4.43. The number of carbonyl (C=O) groups excluding carboxylic acids is 2. The van der Waals surface area contributed by atoms with Crippen LogP contribution in [0, 0.1) is 11.7 Å². The first-order valence-electron chi connectivity index (χ1n) is 7.19. The van der Waals surface area contributed by atoms with Gasteiger partial charge in [0.05, 0.1) is 24.8 Å². The number of hydrogen-bond acceptors (Lipinski definition) is 5. The van der Waals surface area contributed by atoms with Gasteiger partial charge in [0, 0.05) is 17.3 Å². The van der Waals surface area contributed by atoms with E-state index in [1.165, 1.54) is 26.4 Å². The van der Waals surface area contributed by atoms with Gasteiger partial charge in [0.2, 0.25) is 0 Å². The van der Waals surface area contributed by atoms with E-state index < -0.39 is 29.6 Å². The fourth-order valence-electron chi connectivity index (χ4n) is 2.94. The number of halogens is 2. The fourth-order valence-corrected chi connectivity index (χ4v) is 3.12. The first-order chi connectivity index (χ1) is 11.3. The lowest BCUT2D eigenvalue weighted by Crippen LogP contribution is -2.36. The molecule has 0 spiro atoms. The Morgan fingerprint density at radius 3 is 2.46 bits per heavy atom. The Hall–Kier alpha value is -2.21. The molecule has 1 heterocycles. The number of rotatable bonds is 3. The smallest absolute Gasteiger partial charge is 0.336 e. The van der Waals surface area contributed by atoms with E-state index in [0.717, 1.165) is 0 Å². The molecule has 7 heteroatoms. The van der Waals surface area contributed by atoms with Crippen molar-refractivity contribution in [3.8, 4) is 0 Å². The molecule has 0 radical (unpaired) electrons. The number of ether oxygens (including phenoxy) is 2. The van der Waals surface area contributed by atoms with Crippen molar-refractivity contribution in [2.24, 2.45) is 10.9 Å². The molecule has 0 amide bonds. The van der Waals surface area contributed by atoms with Crippen LogP contribution in [0.5, 0.6) is 0 Å².